The zero-order valence-corrected chi connectivity index (χ0v) is 13.1. The van der Waals surface area contributed by atoms with Crippen molar-refractivity contribution in [2.45, 2.75) is 50.1 Å². The number of hydrogen-bond donors (Lipinski definition) is 1. The molecule has 0 amide bonds. The van der Waals surface area contributed by atoms with Gasteiger partial charge in [0.1, 0.15) is 0 Å². The summed E-state index contributed by atoms with van der Waals surface area (Å²) in [6.45, 7) is 2.88. The summed E-state index contributed by atoms with van der Waals surface area (Å²) in [5.41, 5.74) is 9.38. The van der Waals surface area contributed by atoms with Crippen LogP contribution in [0.2, 0.25) is 0 Å². The molecule has 2 aliphatic rings. The Bertz CT molecular complexity index is 441. The molecule has 2 fully saturated rings. The summed E-state index contributed by atoms with van der Waals surface area (Å²) in [6, 6.07) is 9.83. The van der Waals surface area contributed by atoms with Crippen molar-refractivity contribution in [2.75, 3.05) is 26.8 Å². The van der Waals surface area contributed by atoms with Crippen LogP contribution in [-0.2, 0) is 4.74 Å². The Morgan fingerprint density at radius 1 is 1.10 bits per heavy atom. The van der Waals surface area contributed by atoms with E-state index in [1.807, 2.05) is 0 Å². The van der Waals surface area contributed by atoms with Gasteiger partial charge in [-0.25, -0.2) is 0 Å². The summed E-state index contributed by atoms with van der Waals surface area (Å²) >= 11 is 0. The van der Waals surface area contributed by atoms with E-state index in [9.17, 15) is 0 Å². The van der Waals surface area contributed by atoms with Crippen LogP contribution in [0.3, 0.4) is 0 Å². The molecule has 3 heteroatoms. The second kappa shape index (κ2) is 6.91. The predicted octanol–water partition coefficient (Wildman–Crippen LogP) is 3.06. The van der Waals surface area contributed by atoms with Gasteiger partial charge in [0.05, 0.1) is 6.61 Å². The Morgan fingerprint density at radius 3 is 2.48 bits per heavy atom. The van der Waals surface area contributed by atoms with Gasteiger partial charge in [0.25, 0.3) is 0 Å². The monoisotopic (exact) mass is 288 g/mol. The fourth-order valence-electron chi connectivity index (χ4n) is 3.56. The van der Waals surface area contributed by atoms with Gasteiger partial charge in [0, 0.05) is 25.7 Å². The van der Waals surface area contributed by atoms with E-state index in [-0.39, 0.29) is 6.04 Å². The summed E-state index contributed by atoms with van der Waals surface area (Å²) in [4.78, 5) is 2.52. The summed E-state index contributed by atoms with van der Waals surface area (Å²) in [5, 5.41) is 0. The van der Waals surface area contributed by atoms with Crippen molar-refractivity contribution in [1.29, 1.82) is 0 Å². The fourth-order valence-corrected chi connectivity index (χ4v) is 3.56. The lowest BCUT2D eigenvalue weighted by Gasteiger charge is -2.33. The zero-order chi connectivity index (χ0) is 14.7. The molecule has 116 valence electrons. The van der Waals surface area contributed by atoms with Crippen molar-refractivity contribution < 1.29 is 4.74 Å². The summed E-state index contributed by atoms with van der Waals surface area (Å²) in [6.07, 6.45) is 6.33. The molecule has 1 saturated carbocycles. The smallest absolute Gasteiger partial charge is 0.0589 e. The van der Waals surface area contributed by atoms with Gasteiger partial charge in [-0.05, 0) is 49.3 Å². The normalized spacial score (nSPS) is 27.5. The molecular weight excluding hydrogens is 260 g/mol. The first-order valence-electron chi connectivity index (χ1n) is 8.38. The summed E-state index contributed by atoms with van der Waals surface area (Å²) < 4.78 is 5.28. The highest BCUT2D eigenvalue weighted by Crippen LogP contribution is 2.40. The number of rotatable bonds is 5. The lowest BCUT2D eigenvalue weighted by Crippen LogP contribution is -2.41. The van der Waals surface area contributed by atoms with Gasteiger partial charge in [0.2, 0.25) is 0 Å². The highest BCUT2D eigenvalue weighted by molar-refractivity contribution is 5.30. The molecule has 3 nitrogen and oxygen atoms in total. The molecule has 2 N–H and O–H groups in total. The second-order valence-electron chi connectivity index (χ2n) is 6.57. The number of nitrogens with zero attached hydrogens (tertiary/aromatic N) is 1. The lowest BCUT2D eigenvalue weighted by molar-refractivity contribution is 0.115. The van der Waals surface area contributed by atoms with Crippen LogP contribution in [0.4, 0.5) is 0 Å². The molecule has 0 spiro atoms. The molecule has 1 aromatic rings. The molecule has 2 unspecified atom stereocenters. The average Bonchev–Trinajstić information content (AvgIpc) is 3.33. The molecule has 2 atom stereocenters. The standard InChI is InChI=1S/C18H28N2O/c1-21-13-12-20-11-3-2-4-17(19)18(20)16-9-7-15(8-10-16)14-5-6-14/h7-10,14,17-18H,2-6,11-13,19H2,1H3. The predicted molar refractivity (Wildman–Crippen MR) is 86.4 cm³/mol. The van der Waals surface area contributed by atoms with Gasteiger partial charge < -0.3 is 10.5 Å². The zero-order valence-electron chi connectivity index (χ0n) is 13.1. The van der Waals surface area contributed by atoms with Crippen LogP contribution < -0.4 is 5.73 Å². The molecule has 1 aromatic carbocycles. The van der Waals surface area contributed by atoms with E-state index in [2.05, 4.69) is 29.2 Å². The summed E-state index contributed by atoms with van der Waals surface area (Å²) in [7, 11) is 1.77. The average molecular weight is 288 g/mol. The van der Waals surface area contributed by atoms with Crippen LogP contribution in [0.25, 0.3) is 0 Å². The van der Waals surface area contributed by atoms with Gasteiger partial charge in [-0.1, -0.05) is 30.7 Å². The van der Waals surface area contributed by atoms with Crippen LogP contribution in [-0.4, -0.2) is 37.7 Å². The van der Waals surface area contributed by atoms with Crippen molar-refractivity contribution >= 4 is 0 Å². The van der Waals surface area contributed by atoms with E-state index in [0.717, 1.165) is 32.0 Å². The molecule has 0 radical (unpaired) electrons. The minimum absolute atomic E-state index is 0.233. The molecule has 1 aliphatic heterocycles. The minimum Gasteiger partial charge on any atom is -0.383 e. The van der Waals surface area contributed by atoms with Crippen molar-refractivity contribution in [3.63, 3.8) is 0 Å². The van der Waals surface area contributed by atoms with Crippen molar-refractivity contribution in [2.24, 2.45) is 5.73 Å². The maximum absolute atomic E-state index is 6.50. The number of methoxy groups -OCH3 is 1. The van der Waals surface area contributed by atoms with Gasteiger partial charge >= 0.3 is 0 Å². The number of nitrogens with two attached hydrogens (primary N) is 1. The third-order valence-corrected chi connectivity index (χ3v) is 4.94. The van der Waals surface area contributed by atoms with Crippen LogP contribution >= 0.6 is 0 Å². The molecule has 3 rings (SSSR count). The second-order valence-corrected chi connectivity index (χ2v) is 6.57. The molecule has 1 heterocycles. The van der Waals surface area contributed by atoms with Gasteiger partial charge in [-0.15, -0.1) is 0 Å². The van der Waals surface area contributed by atoms with Crippen LogP contribution in [0, 0.1) is 0 Å². The van der Waals surface area contributed by atoms with Crippen LogP contribution in [0.5, 0.6) is 0 Å². The van der Waals surface area contributed by atoms with E-state index >= 15 is 0 Å². The largest absolute Gasteiger partial charge is 0.383 e. The van der Waals surface area contributed by atoms with Gasteiger partial charge in [-0.3, -0.25) is 4.90 Å². The molecule has 0 bridgehead atoms. The Balaban J connectivity index is 1.78. The first-order chi connectivity index (χ1) is 10.3. The third kappa shape index (κ3) is 3.65. The Morgan fingerprint density at radius 2 is 1.81 bits per heavy atom. The molecule has 21 heavy (non-hydrogen) atoms. The van der Waals surface area contributed by atoms with E-state index in [4.69, 9.17) is 10.5 Å². The van der Waals surface area contributed by atoms with E-state index in [1.54, 1.807) is 7.11 Å². The number of likely N-dealkylation sites (tertiary alicyclic amines) is 1. The maximum atomic E-state index is 6.50. The number of benzene rings is 1. The minimum atomic E-state index is 0.233. The highest BCUT2D eigenvalue weighted by Gasteiger charge is 2.29. The fraction of sp³-hybridized carbons (Fsp3) is 0.667. The summed E-state index contributed by atoms with van der Waals surface area (Å²) in [5.74, 6) is 0.825. The SMILES string of the molecule is COCCN1CCCCC(N)C1c1ccc(C2CC2)cc1. The van der Waals surface area contributed by atoms with Crippen LogP contribution in [0.15, 0.2) is 24.3 Å². The molecule has 1 saturated heterocycles. The van der Waals surface area contributed by atoms with E-state index in [0.29, 0.717) is 6.04 Å². The first-order valence-corrected chi connectivity index (χ1v) is 8.38. The van der Waals surface area contributed by atoms with Gasteiger partial charge in [0.15, 0.2) is 0 Å². The van der Waals surface area contributed by atoms with Crippen molar-refractivity contribution in [3.05, 3.63) is 35.4 Å². The maximum Gasteiger partial charge on any atom is 0.0589 e. The molecule has 1 aliphatic carbocycles. The van der Waals surface area contributed by atoms with Crippen molar-refractivity contribution in [3.8, 4) is 0 Å². The Hall–Kier alpha value is -0.900. The molecule has 0 aromatic heterocycles. The van der Waals surface area contributed by atoms with E-state index < -0.39 is 0 Å². The quantitative estimate of drug-likeness (QED) is 0.905. The highest BCUT2D eigenvalue weighted by atomic mass is 16.5. The van der Waals surface area contributed by atoms with E-state index in [1.165, 1.54) is 36.8 Å². The molecular formula is C18H28N2O. The lowest BCUT2D eigenvalue weighted by atomic mass is 9.95. The van der Waals surface area contributed by atoms with Gasteiger partial charge in [-0.2, -0.15) is 0 Å². The Labute approximate surface area is 128 Å². The first kappa shape index (κ1) is 15.0. The van der Waals surface area contributed by atoms with Crippen LogP contribution in [0.1, 0.15) is 55.2 Å². The topological polar surface area (TPSA) is 38.5 Å². The third-order valence-electron chi connectivity index (χ3n) is 4.94. The Kier molecular flexibility index (Phi) is 4.94. The van der Waals surface area contributed by atoms with Crippen molar-refractivity contribution in [1.82, 2.24) is 4.90 Å². The number of ether oxygens (including phenoxy) is 1. The number of hydrogen-bond acceptors (Lipinski definition) is 3.